The van der Waals surface area contributed by atoms with Crippen LogP contribution in [0.1, 0.15) is 28.9 Å². The van der Waals surface area contributed by atoms with Crippen molar-refractivity contribution in [3.8, 4) is 5.75 Å². The SMILES string of the molecule is Cc1cc(C)cc(OCCCn2c(Cc3ccccc3Cl)nc3ccccc32)c1. The number of rotatable bonds is 7. The van der Waals surface area contributed by atoms with Crippen LogP contribution in [0.2, 0.25) is 5.02 Å². The Morgan fingerprint density at radius 1 is 0.931 bits per heavy atom. The minimum Gasteiger partial charge on any atom is -0.494 e. The summed E-state index contributed by atoms with van der Waals surface area (Å²) in [6.07, 6.45) is 1.62. The molecule has 0 saturated carbocycles. The fourth-order valence-electron chi connectivity index (χ4n) is 3.75. The lowest BCUT2D eigenvalue weighted by atomic mass is 10.1. The molecule has 3 nitrogen and oxygen atoms in total. The van der Waals surface area contributed by atoms with Gasteiger partial charge in [0.25, 0.3) is 0 Å². The van der Waals surface area contributed by atoms with Gasteiger partial charge in [0.2, 0.25) is 0 Å². The molecular formula is C25H25ClN2O. The molecule has 0 atom stereocenters. The van der Waals surface area contributed by atoms with E-state index in [1.54, 1.807) is 0 Å². The smallest absolute Gasteiger partial charge is 0.119 e. The molecule has 0 spiro atoms. The number of para-hydroxylation sites is 2. The fourth-order valence-corrected chi connectivity index (χ4v) is 3.95. The van der Waals surface area contributed by atoms with Crippen LogP contribution in [0, 0.1) is 13.8 Å². The van der Waals surface area contributed by atoms with Crippen LogP contribution in [0.15, 0.2) is 66.7 Å². The maximum atomic E-state index is 6.39. The molecular weight excluding hydrogens is 380 g/mol. The summed E-state index contributed by atoms with van der Waals surface area (Å²) < 4.78 is 8.30. The van der Waals surface area contributed by atoms with Gasteiger partial charge in [0.1, 0.15) is 11.6 Å². The van der Waals surface area contributed by atoms with Crippen molar-refractivity contribution in [3.63, 3.8) is 0 Å². The van der Waals surface area contributed by atoms with Crippen molar-refractivity contribution in [2.75, 3.05) is 6.61 Å². The van der Waals surface area contributed by atoms with Crippen molar-refractivity contribution < 1.29 is 4.74 Å². The van der Waals surface area contributed by atoms with E-state index in [1.165, 1.54) is 11.1 Å². The summed E-state index contributed by atoms with van der Waals surface area (Å²) in [6.45, 7) is 5.71. The summed E-state index contributed by atoms with van der Waals surface area (Å²) in [5, 5.41) is 0.782. The topological polar surface area (TPSA) is 27.1 Å². The predicted octanol–water partition coefficient (Wildman–Crippen LogP) is 6.37. The van der Waals surface area contributed by atoms with Gasteiger partial charge in [-0.1, -0.05) is 48.0 Å². The third-order valence-corrected chi connectivity index (χ3v) is 5.40. The average Bonchev–Trinajstić information content (AvgIpc) is 3.03. The van der Waals surface area contributed by atoms with Crippen molar-refractivity contribution in [2.45, 2.75) is 33.2 Å². The van der Waals surface area contributed by atoms with Crippen LogP contribution >= 0.6 is 11.6 Å². The molecule has 1 aromatic heterocycles. The molecule has 0 saturated heterocycles. The molecule has 4 aromatic rings. The van der Waals surface area contributed by atoms with Gasteiger partial charge in [-0.3, -0.25) is 0 Å². The highest BCUT2D eigenvalue weighted by Gasteiger charge is 2.12. The lowest BCUT2D eigenvalue weighted by Crippen LogP contribution is -2.08. The van der Waals surface area contributed by atoms with Crippen molar-refractivity contribution >= 4 is 22.6 Å². The largest absolute Gasteiger partial charge is 0.494 e. The van der Waals surface area contributed by atoms with E-state index in [9.17, 15) is 0 Å². The molecule has 4 heteroatoms. The van der Waals surface area contributed by atoms with Gasteiger partial charge in [-0.2, -0.15) is 0 Å². The Morgan fingerprint density at radius 3 is 2.45 bits per heavy atom. The van der Waals surface area contributed by atoms with Crippen molar-refractivity contribution in [2.24, 2.45) is 0 Å². The number of aromatic nitrogens is 2. The lowest BCUT2D eigenvalue weighted by Gasteiger charge is -2.12. The summed E-state index contributed by atoms with van der Waals surface area (Å²) in [5.41, 5.74) is 5.72. The Bertz CT molecular complexity index is 1110. The van der Waals surface area contributed by atoms with Gasteiger partial charge in [0, 0.05) is 18.0 Å². The van der Waals surface area contributed by atoms with E-state index in [-0.39, 0.29) is 0 Å². The molecule has 0 aliphatic carbocycles. The minimum atomic E-state index is 0.668. The second-order valence-corrected chi connectivity index (χ2v) is 7.87. The third-order valence-electron chi connectivity index (χ3n) is 5.03. The Morgan fingerprint density at radius 2 is 1.66 bits per heavy atom. The van der Waals surface area contributed by atoms with E-state index in [0.717, 1.165) is 46.2 Å². The molecule has 0 N–H and O–H groups in total. The minimum absolute atomic E-state index is 0.668. The third kappa shape index (κ3) is 4.63. The zero-order valence-corrected chi connectivity index (χ0v) is 17.6. The zero-order valence-electron chi connectivity index (χ0n) is 16.9. The van der Waals surface area contributed by atoms with Crippen molar-refractivity contribution in [1.82, 2.24) is 9.55 Å². The Balaban J connectivity index is 1.50. The highest BCUT2D eigenvalue weighted by atomic mass is 35.5. The van der Waals surface area contributed by atoms with E-state index < -0.39 is 0 Å². The summed E-state index contributed by atoms with van der Waals surface area (Å²) in [5.74, 6) is 1.97. The number of nitrogens with zero attached hydrogens (tertiary/aromatic N) is 2. The van der Waals surface area contributed by atoms with Gasteiger partial charge in [0.15, 0.2) is 0 Å². The molecule has 0 aliphatic heterocycles. The molecule has 0 fully saturated rings. The highest BCUT2D eigenvalue weighted by Crippen LogP contribution is 2.23. The van der Waals surface area contributed by atoms with Crippen LogP contribution in [0.4, 0.5) is 0 Å². The van der Waals surface area contributed by atoms with Crippen LogP contribution < -0.4 is 4.74 Å². The van der Waals surface area contributed by atoms with Gasteiger partial charge in [-0.15, -0.1) is 0 Å². The molecule has 0 bridgehead atoms. The molecule has 148 valence electrons. The number of fused-ring (bicyclic) bond motifs is 1. The molecule has 3 aromatic carbocycles. The van der Waals surface area contributed by atoms with E-state index in [4.69, 9.17) is 21.3 Å². The molecule has 29 heavy (non-hydrogen) atoms. The van der Waals surface area contributed by atoms with E-state index in [1.807, 2.05) is 24.3 Å². The summed E-state index contributed by atoms with van der Waals surface area (Å²) in [6, 6.07) is 22.6. The van der Waals surface area contributed by atoms with Gasteiger partial charge in [-0.05, 0) is 67.3 Å². The van der Waals surface area contributed by atoms with Gasteiger partial charge in [-0.25, -0.2) is 4.98 Å². The standard InChI is InChI=1S/C25H25ClN2O/c1-18-14-19(2)16-21(15-18)29-13-7-12-28-24-11-6-5-10-23(24)27-25(28)17-20-8-3-4-9-22(20)26/h3-6,8-11,14-16H,7,12-13,17H2,1-2H3. The summed E-state index contributed by atoms with van der Waals surface area (Å²) >= 11 is 6.39. The number of hydrogen-bond acceptors (Lipinski definition) is 2. The molecule has 0 aliphatic rings. The normalized spacial score (nSPS) is 11.1. The zero-order chi connectivity index (χ0) is 20.2. The predicted molar refractivity (Wildman–Crippen MR) is 120 cm³/mol. The van der Waals surface area contributed by atoms with Gasteiger partial charge in [0.05, 0.1) is 17.6 Å². The highest BCUT2D eigenvalue weighted by molar-refractivity contribution is 6.31. The van der Waals surface area contributed by atoms with Gasteiger partial charge < -0.3 is 9.30 Å². The monoisotopic (exact) mass is 404 g/mol. The number of aryl methyl sites for hydroxylation is 3. The Labute approximate surface area is 176 Å². The first kappa shape index (κ1) is 19.5. The number of halogens is 1. The first-order valence-corrected chi connectivity index (χ1v) is 10.4. The number of benzene rings is 3. The second-order valence-electron chi connectivity index (χ2n) is 7.46. The first-order valence-electron chi connectivity index (χ1n) is 9.99. The number of ether oxygens (including phenoxy) is 1. The molecule has 0 radical (unpaired) electrons. The molecule has 0 amide bonds. The van der Waals surface area contributed by atoms with Gasteiger partial charge >= 0.3 is 0 Å². The molecule has 0 unspecified atom stereocenters. The van der Waals surface area contributed by atoms with E-state index >= 15 is 0 Å². The van der Waals surface area contributed by atoms with Crippen molar-refractivity contribution in [3.05, 3.63) is 94.3 Å². The van der Waals surface area contributed by atoms with Crippen LogP contribution in [0.25, 0.3) is 11.0 Å². The average molecular weight is 405 g/mol. The summed E-state index contributed by atoms with van der Waals surface area (Å²) in [4.78, 5) is 4.87. The molecule has 4 rings (SSSR count). The number of imidazole rings is 1. The fraction of sp³-hybridized carbons (Fsp3) is 0.240. The molecule has 1 heterocycles. The maximum Gasteiger partial charge on any atom is 0.119 e. The number of hydrogen-bond donors (Lipinski definition) is 0. The van der Waals surface area contributed by atoms with Crippen LogP contribution in [-0.4, -0.2) is 16.2 Å². The van der Waals surface area contributed by atoms with Crippen LogP contribution in [-0.2, 0) is 13.0 Å². The lowest BCUT2D eigenvalue weighted by molar-refractivity contribution is 0.301. The quantitative estimate of drug-likeness (QED) is 0.335. The van der Waals surface area contributed by atoms with Crippen LogP contribution in [0.5, 0.6) is 5.75 Å². The first-order chi connectivity index (χ1) is 14.1. The summed E-state index contributed by atoms with van der Waals surface area (Å²) in [7, 11) is 0. The van der Waals surface area contributed by atoms with Crippen molar-refractivity contribution in [1.29, 1.82) is 0 Å². The maximum absolute atomic E-state index is 6.39. The van der Waals surface area contributed by atoms with Crippen LogP contribution in [0.3, 0.4) is 0 Å². The van der Waals surface area contributed by atoms with E-state index in [0.29, 0.717) is 13.0 Å². The second kappa shape index (κ2) is 8.71. The van der Waals surface area contributed by atoms with E-state index in [2.05, 4.69) is 60.9 Å². The Hall–Kier alpha value is -2.78. The Kier molecular flexibility index (Phi) is 5.86.